The summed E-state index contributed by atoms with van der Waals surface area (Å²) in [5.41, 5.74) is 0. The van der Waals surface area contributed by atoms with Crippen molar-refractivity contribution >= 4 is 37.1 Å². The molecule has 0 aliphatic rings. The first-order chi connectivity index (χ1) is 19.7. The lowest BCUT2D eigenvalue weighted by Crippen LogP contribution is -2.23. The molecule has 0 saturated carbocycles. The minimum Gasteiger partial charge on any atom is -0.493 e. The molecular formula is C34H40O4P2. The molecule has 0 aliphatic heterocycles. The first kappa shape index (κ1) is 29.9. The van der Waals surface area contributed by atoms with Gasteiger partial charge in [0, 0.05) is 21.2 Å². The number of hydrogen-bond donors (Lipinski definition) is 0. The van der Waals surface area contributed by atoms with Crippen LogP contribution in [-0.2, 0) is 0 Å². The van der Waals surface area contributed by atoms with Gasteiger partial charge in [-0.3, -0.25) is 0 Å². The highest BCUT2D eigenvalue weighted by Crippen LogP contribution is 2.47. The van der Waals surface area contributed by atoms with Crippen molar-refractivity contribution in [3.8, 4) is 23.0 Å². The van der Waals surface area contributed by atoms with Gasteiger partial charge in [-0.05, 0) is 80.1 Å². The van der Waals surface area contributed by atoms with Crippen LogP contribution in [0.4, 0.5) is 0 Å². The largest absolute Gasteiger partial charge is 0.493 e. The van der Waals surface area contributed by atoms with Crippen molar-refractivity contribution in [2.75, 3.05) is 38.8 Å². The Morgan fingerprint density at radius 1 is 0.375 bits per heavy atom. The summed E-state index contributed by atoms with van der Waals surface area (Å²) < 4.78 is 24.6. The smallest absolute Gasteiger partial charge is 0.127 e. The van der Waals surface area contributed by atoms with E-state index < -0.39 is 15.8 Å². The number of benzene rings is 4. The Hall–Kier alpha value is -3.06. The van der Waals surface area contributed by atoms with E-state index in [-0.39, 0.29) is 0 Å². The second kappa shape index (κ2) is 15.7. The van der Waals surface area contributed by atoms with Gasteiger partial charge in [0.2, 0.25) is 0 Å². The van der Waals surface area contributed by atoms with E-state index in [0.717, 1.165) is 35.3 Å². The summed E-state index contributed by atoms with van der Waals surface area (Å²) in [7, 11) is -1.56. The predicted octanol–water partition coefficient (Wildman–Crippen LogP) is 6.85. The van der Waals surface area contributed by atoms with E-state index in [1.165, 1.54) is 21.2 Å². The van der Waals surface area contributed by atoms with Crippen LogP contribution in [0.3, 0.4) is 0 Å². The maximum atomic E-state index is 6.16. The van der Waals surface area contributed by atoms with Gasteiger partial charge < -0.3 is 18.9 Å². The van der Waals surface area contributed by atoms with Gasteiger partial charge in [0.25, 0.3) is 0 Å². The van der Waals surface area contributed by atoms with Gasteiger partial charge in [-0.2, -0.15) is 0 Å². The number of rotatable bonds is 15. The zero-order valence-electron chi connectivity index (χ0n) is 24.0. The average Bonchev–Trinajstić information content (AvgIpc) is 2.98. The van der Waals surface area contributed by atoms with Gasteiger partial charge in [0.15, 0.2) is 0 Å². The van der Waals surface area contributed by atoms with Crippen LogP contribution in [0, 0.1) is 0 Å². The molecule has 0 radical (unpaired) electrons. The van der Waals surface area contributed by atoms with Crippen molar-refractivity contribution in [1.29, 1.82) is 0 Å². The minimum atomic E-state index is -0.779. The Kier molecular flexibility index (Phi) is 11.7. The maximum Gasteiger partial charge on any atom is 0.127 e. The van der Waals surface area contributed by atoms with E-state index in [0.29, 0.717) is 26.4 Å². The molecule has 0 amide bonds. The van der Waals surface area contributed by atoms with Crippen molar-refractivity contribution in [3.63, 3.8) is 0 Å². The molecule has 210 valence electrons. The Labute approximate surface area is 242 Å². The molecule has 4 nitrogen and oxygen atoms in total. The Morgan fingerprint density at radius 3 is 0.825 bits per heavy atom. The summed E-state index contributed by atoms with van der Waals surface area (Å²) in [4.78, 5) is 0. The fourth-order valence-corrected chi connectivity index (χ4v) is 10.5. The third kappa shape index (κ3) is 7.36. The summed E-state index contributed by atoms with van der Waals surface area (Å²) in [6, 6.07) is 34.0. The predicted molar refractivity (Wildman–Crippen MR) is 173 cm³/mol. The molecular weight excluding hydrogens is 534 g/mol. The fourth-order valence-electron chi connectivity index (χ4n) is 4.77. The summed E-state index contributed by atoms with van der Waals surface area (Å²) in [6.45, 7) is 10.7. The third-order valence-electron chi connectivity index (χ3n) is 6.37. The first-order valence-electron chi connectivity index (χ1n) is 14.1. The molecule has 0 aliphatic carbocycles. The zero-order chi connectivity index (χ0) is 28.2. The lowest BCUT2D eigenvalue weighted by molar-refractivity contribution is 0.342. The molecule has 0 saturated heterocycles. The van der Waals surface area contributed by atoms with Gasteiger partial charge >= 0.3 is 0 Å². The van der Waals surface area contributed by atoms with Crippen molar-refractivity contribution in [1.82, 2.24) is 0 Å². The van der Waals surface area contributed by atoms with Crippen LogP contribution in [0.5, 0.6) is 23.0 Å². The van der Waals surface area contributed by atoms with E-state index in [2.05, 4.69) is 97.1 Å². The SMILES string of the molecule is CCOc1ccccc1P(CCP(c1ccccc1OCC)c1ccccc1OCC)c1ccccc1OCC. The molecule has 0 bridgehead atoms. The van der Waals surface area contributed by atoms with Gasteiger partial charge in [0.05, 0.1) is 26.4 Å². The quantitative estimate of drug-likeness (QED) is 0.146. The van der Waals surface area contributed by atoms with Gasteiger partial charge in [0.1, 0.15) is 23.0 Å². The molecule has 4 aromatic rings. The van der Waals surface area contributed by atoms with Crippen LogP contribution in [0.2, 0.25) is 0 Å². The lowest BCUT2D eigenvalue weighted by atomic mass is 10.3. The minimum absolute atomic E-state index is 0.628. The second-order valence-electron chi connectivity index (χ2n) is 8.91. The van der Waals surface area contributed by atoms with Crippen LogP contribution in [-0.4, -0.2) is 38.8 Å². The van der Waals surface area contributed by atoms with Crippen molar-refractivity contribution in [2.45, 2.75) is 27.7 Å². The standard InChI is InChI=1S/C34H40O4P2/c1-5-35-27-17-9-13-21-31(27)39(32-22-14-10-18-28(32)36-6-2)25-26-40(33-23-15-11-19-29(33)37-7-3)34-24-16-12-20-30(34)38-8-4/h9-24H,5-8,25-26H2,1-4H3. The topological polar surface area (TPSA) is 36.9 Å². The van der Waals surface area contributed by atoms with Crippen LogP contribution in [0.1, 0.15) is 27.7 Å². The molecule has 4 aromatic carbocycles. The molecule has 4 rings (SSSR count). The van der Waals surface area contributed by atoms with E-state index >= 15 is 0 Å². The summed E-state index contributed by atoms with van der Waals surface area (Å²) in [5, 5.41) is 4.99. The normalized spacial score (nSPS) is 11.1. The molecule has 40 heavy (non-hydrogen) atoms. The number of hydrogen-bond acceptors (Lipinski definition) is 4. The molecule has 0 N–H and O–H groups in total. The van der Waals surface area contributed by atoms with Gasteiger partial charge in [-0.25, -0.2) is 0 Å². The highest BCUT2D eigenvalue weighted by atomic mass is 31.1. The van der Waals surface area contributed by atoms with Crippen LogP contribution in [0.25, 0.3) is 0 Å². The second-order valence-corrected chi connectivity index (χ2v) is 13.4. The fraction of sp³-hybridized carbons (Fsp3) is 0.294. The van der Waals surface area contributed by atoms with Crippen LogP contribution < -0.4 is 40.2 Å². The zero-order valence-corrected chi connectivity index (χ0v) is 25.8. The lowest BCUT2D eigenvalue weighted by Gasteiger charge is -2.28. The monoisotopic (exact) mass is 574 g/mol. The molecule has 0 heterocycles. The van der Waals surface area contributed by atoms with Crippen LogP contribution in [0.15, 0.2) is 97.1 Å². The molecule has 0 fully saturated rings. The average molecular weight is 575 g/mol. The molecule has 6 heteroatoms. The Balaban J connectivity index is 1.82. The highest BCUT2D eigenvalue weighted by molar-refractivity contribution is 7.77. The van der Waals surface area contributed by atoms with E-state index in [9.17, 15) is 0 Å². The molecule has 0 spiro atoms. The molecule has 0 aromatic heterocycles. The van der Waals surface area contributed by atoms with Gasteiger partial charge in [-0.1, -0.05) is 72.8 Å². The third-order valence-corrected chi connectivity index (χ3v) is 11.9. The Morgan fingerprint density at radius 2 is 0.600 bits per heavy atom. The highest BCUT2D eigenvalue weighted by Gasteiger charge is 2.27. The summed E-state index contributed by atoms with van der Waals surface area (Å²) in [5.74, 6) is 3.82. The molecule has 0 unspecified atom stereocenters. The van der Waals surface area contributed by atoms with Crippen molar-refractivity contribution in [2.24, 2.45) is 0 Å². The van der Waals surface area contributed by atoms with Crippen LogP contribution >= 0.6 is 15.8 Å². The Bertz CT molecular complexity index is 1140. The maximum absolute atomic E-state index is 6.16. The summed E-state index contributed by atoms with van der Waals surface area (Å²) in [6.07, 6.45) is 1.94. The van der Waals surface area contributed by atoms with E-state index in [1.54, 1.807) is 0 Å². The van der Waals surface area contributed by atoms with E-state index in [1.807, 2.05) is 27.7 Å². The van der Waals surface area contributed by atoms with Crippen molar-refractivity contribution < 1.29 is 18.9 Å². The number of ether oxygens (including phenoxy) is 4. The number of para-hydroxylation sites is 4. The van der Waals surface area contributed by atoms with Crippen molar-refractivity contribution in [3.05, 3.63) is 97.1 Å². The van der Waals surface area contributed by atoms with Gasteiger partial charge in [-0.15, -0.1) is 0 Å². The van der Waals surface area contributed by atoms with E-state index in [4.69, 9.17) is 18.9 Å². The molecule has 0 atom stereocenters. The first-order valence-corrected chi connectivity index (χ1v) is 17.2. The summed E-state index contributed by atoms with van der Waals surface area (Å²) >= 11 is 0.